The number of sulfonamides is 1. The van der Waals surface area contributed by atoms with E-state index in [0.717, 1.165) is 0 Å². The number of benzene rings is 1. The van der Waals surface area contributed by atoms with Crippen LogP contribution in [-0.2, 0) is 10.0 Å². The highest BCUT2D eigenvalue weighted by molar-refractivity contribution is 9.09. The van der Waals surface area contributed by atoms with Crippen molar-refractivity contribution >= 4 is 31.6 Å². The molecule has 0 fully saturated rings. The van der Waals surface area contributed by atoms with E-state index in [4.69, 9.17) is 5.73 Å². The molecular formula is C8H11BrN2O2S. The Morgan fingerprint density at radius 3 is 2.36 bits per heavy atom. The number of alkyl halides is 1. The van der Waals surface area contributed by atoms with Crippen molar-refractivity contribution in [1.82, 2.24) is 4.72 Å². The van der Waals surface area contributed by atoms with Crippen molar-refractivity contribution in [3.63, 3.8) is 0 Å². The number of hydrogen-bond acceptors (Lipinski definition) is 3. The molecular weight excluding hydrogens is 268 g/mol. The zero-order chi connectivity index (χ0) is 10.6. The summed E-state index contributed by atoms with van der Waals surface area (Å²) in [5.74, 6) is 0. The van der Waals surface area contributed by atoms with E-state index in [1.54, 1.807) is 12.1 Å². The minimum atomic E-state index is -3.37. The number of anilines is 1. The van der Waals surface area contributed by atoms with E-state index in [2.05, 4.69) is 20.7 Å². The molecule has 1 aromatic rings. The van der Waals surface area contributed by atoms with Gasteiger partial charge in [-0.05, 0) is 24.3 Å². The standard InChI is InChI=1S/C8H11BrN2O2S/c9-5-6-11-14(12,13)8-3-1-7(10)2-4-8/h1-4,11H,5-6,10H2. The Kier molecular flexibility index (Phi) is 3.91. The van der Waals surface area contributed by atoms with E-state index >= 15 is 0 Å². The SMILES string of the molecule is Nc1ccc(S(=O)(=O)NCCBr)cc1. The van der Waals surface area contributed by atoms with E-state index in [0.29, 0.717) is 17.6 Å². The van der Waals surface area contributed by atoms with Gasteiger partial charge in [0.25, 0.3) is 0 Å². The van der Waals surface area contributed by atoms with Gasteiger partial charge in [-0.1, -0.05) is 15.9 Å². The Hall–Kier alpha value is -0.590. The van der Waals surface area contributed by atoms with Crippen LogP contribution in [-0.4, -0.2) is 20.3 Å². The van der Waals surface area contributed by atoms with Crippen molar-refractivity contribution in [1.29, 1.82) is 0 Å². The van der Waals surface area contributed by atoms with Crippen LogP contribution in [0.15, 0.2) is 29.2 Å². The molecule has 0 spiro atoms. The maximum atomic E-state index is 11.5. The molecule has 0 bridgehead atoms. The largest absolute Gasteiger partial charge is 0.399 e. The first-order valence-electron chi connectivity index (χ1n) is 3.97. The van der Waals surface area contributed by atoms with Crippen LogP contribution in [0.25, 0.3) is 0 Å². The van der Waals surface area contributed by atoms with Gasteiger partial charge in [0.15, 0.2) is 0 Å². The van der Waals surface area contributed by atoms with Gasteiger partial charge in [0, 0.05) is 17.6 Å². The lowest BCUT2D eigenvalue weighted by Crippen LogP contribution is -2.25. The highest BCUT2D eigenvalue weighted by Gasteiger charge is 2.11. The lowest BCUT2D eigenvalue weighted by atomic mass is 10.3. The number of nitrogen functional groups attached to an aromatic ring is 1. The molecule has 6 heteroatoms. The van der Waals surface area contributed by atoms with Gasteiger partial charge >= 0.3 is 0 Å². The molecule has 78 valence electrons. The summed E-state index contributed by atoms with van der Waals surface area (Å²) in [6.45, 7) is 0.368. The summed E-state index contributed by atoms with van der Waals surface area (Å²) in [5.41, 5.74) is 5.99. The number of rotatable bonds is 4. The third-order valence-electron chi connectivity index (χ3n) is 1.58. The fraction of sp³-hybridized carbons (Fsp3) is 0.250. The van der Waals surface area contributed by atoms with E-state index in [9.17, 15) is 8.42 Å². The maximum Gasteiger partial charge on any atom is 0.240 e. The summed E-state index contributed by atoms with van der Waals surface area (Å²) in [5, 5.41) is 0.585. The van der Waals surface area contributed by atoms with E-state index < -0.39 is 10.0 Å². The van der Waals surface area contributed by atoms with Gasteiger partial charge < -0.3 is 5.73 Å². The van der Waals surface area contributed by atoms with Gasteiger partial charge in [0.05, 0.1) is 4.90 Å². The highest BCUT2D eigenvalue weighted by Crippen LogP contribution is 2.10. The Morgan fingerprint density at radius 1 is 1.29 bits per heavy atom. The van der Waals surface area contributed by atoms with Gasteiger partial charge in [-0.2, -0.15) is 0 Å². The normalized spacial score (nSPS) is 11.5. The molecule has 0 saturated carbocycles. The monoisotopic (exact) mass is 278 g/mol. The summed E-state index contributed by atoms with van der Waals surface area (Å²) in [4.78, 5) is 0.229. The number of nitrogens with one attached hydrogen (secondary N) is 1. The van der Waals surface area contributed by atoms with Crippen molar-refractivity contribution in [3.05, 3.63) is 24.3 Å². The quantitative estimate of drug-likeness (QED) is 0.636. The Balaban J connectivity index is 2.87. The van der Waals surface area contributed by atoms with E-state index in [-0.39, 0.29) is 4.90 Å². The first-order valence-corrected chi connectivity index (χ1v) is 6.58. The second-order valence-electron chi connectivity index (χ2n) is 2.66. The van der Waals surface area contributed by atoms with Gasteiger partial charge in [-0.3, -0.25) is 0 Å². The third-order valence-corrected chi connectivity index (χ3v) is 3.45. The Morgan fingerprint density at radius 2 is 1.86 bits per heavy atom. The van der Waals surface area contributed by atoms with Gasteiger partial charge in [0.2, 0.25) is 10.0 Å². The fourth-order valence-electron chi connectivity index (χ4n) is 0.903. The minimum Gasteiger partial charge on any atom is -0.399 e. The second kappa shape index (κ2) is 4.77. The van der Waals surface area contributed by atoms with Crippen LogP contribution in [0.4, 0.5) is 5.69 Å². The van der Waals surface area contributed by atoms with E-state index in [1.807, 2.05) is 0 Å². The van der Waals surface area contributed by atoms with Gasteiger partial charge in [-0.25, -0.2) is 13.1 Å². The molecule has 0 atom stereocenters. The van der Waals surface area contributed by atoms with Crippen LogP contribution >= 0.6 is 15.9 Å². The molecule has 14 heavy (non-hydrogen) atoms. The molecule has 4 nitrogen and oxygen atoms in total. The topological polar surface area (TPSA) is 72.2 Å². The average Bonchev–Trinajstić information content (AvgIpc) is 2.16. The first-order chi connectivity index (χ1) is 6.56. The molecule has 0 amide bonds. The van der Waals surface area contributed by atoms with Crippen LogP contribution in [0.2, 0.25) is 0 Å². The van der Waals surface area contributed by atoms with Crippen LogP contribution in [0.1, 0.15) is 0 Å². The molecule has 0 unspecified atom stereocenters. The summed E-state index contributed by atoms with van der Waals surface area (Å²) in [6, 6.07) is 6.07. The molecule has 1 rings (SSSR count). The number of halogens is 1. The van der Waals surface area contributed by atoms with Crippen LogP contribution in [0, 0.1) is 0 Å². The summed E-state index contributed by atoms with van der Waals surface area (Å²) < 4.78 is 25.5. The van der Waals surface area contributed by atoms with Gasteiger partial charge in [0.1, 0.15) is 0 Å². The molecule has 0 radical (unpaired) electrons. The summed E-state index contributed by atoms with van der Waals surface area (Å²) >= 11 is 3.14. The van der Waals surface area contributed by atoms with Crippen molar-refractivity contribution in [2.45, 2.75) is 4.90 Å². The van der Waals surface area contributed by atoms with E-state index in [1.165, 1.54) is 12.1 Å². The molecule has 0 aliphatic rings. The van der Waals surface area contributed by atoms with Crippen LogP contribution in [0.5, 0.6) is 0 Å². The fourth-order valence-corrected chi connectivity index (χ4v) is 2.40. The lowest BCUT2D eigenvalue weighted by molar-refractivity contribution is 0.584. The molecule has 0 heterocycles. The summed E-state index contributed by atoms with van der Waals surface area (Å²) in [6.07, 6.45) is 0. The molecule has 0 aliphatic heterocycles. The summed E-state index contributed by atoms with van der Waals surface area (Å²) in [7, 11) is -3.37. The molecule has 0 aromatic heterocycles. The maximum absolute atomic E-state index is 11.5. The number of nitrogens with two attached hydrogens (primary N) is 1. The smallest absolute Gasteiger partial charge is 0.240 e. The first kappa shape index (κ1) is 11.5. The number of hydrogen-bond donors (Lipinski definition) is 2. The van der Waals surface area contributed by atoms with Crippen molar-refractivity contribution < 1.29 is 8.42 Å². The third kappa shape index (κ3) is 2.97. The molecule has 0 saturated heterocycles. The van der Waals surface area contributed by atoms with Crippen LogP contribution < -0.4 is 10.5 Å². The Labute approximate surface area is 91.7 Å². The zero-order valence-electron chi connectivity index (χ0n) is 7.40. The average molecular weight is 279 g/mol. The molecule has 3 N–H and O–H groups in total. The van der Waals surface area contributed by atoms with Crippen molar-refractivity contribution in [2.24, 2.45) is 0 Å². The zero-order valence-corrected chi connectivity index (χ0v) is 9.81. The van der Waals surface area contributed by atoms with Crippen LogP contribution in [0.3, 0.4) is 0 Å². The van der Waals surface area contributed by atoms with Gasteiger partial charge in [-0.15, -0.1) is 0 Å². The predicted octanol–water partition coefficient (Wildman–Crippen LogP) is 0.942. The Bertz CT molecular complexity index is 388. The van der Waals surface area contributed by atoms with Crippen molar-refractivity contribution in [3.8, 4) is 0 Å². The molecule has 1 aromatic carbocycles. The second-order valence-corrected chi connectivity index (χ2v) is 5.22. The van der Waals surface area contributed by atoms with Crippen molar-refractivity contribution in [2.75, 3.05) is 17.6 Å². The lowest BCUT2D eigenvalue weighted by Gasteiger charge is -2.04. The minimum absolute atomic E-state index is 0.229. The molecule has 0 aliphatic carbocycles. The predicted molar refractivity (Wildman–Crippen MR) is 59.8 cm³/mol. The highest BCUT2D eigenvalue weighted by atomic mass is 79.9.